The number of hydrogen-bond acceptors (Lipinski definition) is 2. The van der Waals surface area contributed by atoms with E-state index in [4.69, 9.17) is 4.99 Å². The van der Waals surface area contributed by atoms with Crippen LogP contribution in [0.2, 0.25) is 0 Å². The predicted molar refractivity (Wildman–Crippen MR) is 111 cm³/mol. The summed E-state index contributed by atoms with van der Waals surface area (Å²) in [6, 6.07) is 0.596. The molecule has 5 heteroatoms. The quantitative estimate of drug-likeness (QED) is 0.251. The summed E-state index contributed by atoms with van der Waals surface area (Å²) in [5.74, 6) is 2.06. The zero-order chi connectivity index (χ0) is 15.6. The van der Waals surface area contributed by atoms with E-state index >= 15 is 0 Å². The van der Waals surface area contributed by atoms with E-state index in [1.54, 1.807) is 0 Å². The summed E-state index contributed by atoms with van der Waals surface area (Å²) in [5.41, 5.74) is 0. The number of nitrogens with one attached hydrogen (secondary N) is 2. The van der Waals surface area contributed by atoms with E-state index in [9.17, 15) is 0 Å². The molecule has 1 saturated carbocycles. The summed E-state index contributed by atoms with van der Waals surface area (Å²) in [7, 11) is 0. The second kappa shape index (κ2) is 12.3. The highest BCUT2D eigenvalue weighted by molar-refractivity contribution is 14.0. The standard InChI is InChI=1S/C18H36N4.HI/c1-3-5-13-22-14-10-17(11-15-22)21-18(19-4-2)20-12-6-7-16-8-9-16;/h16-17H,3-15H2,1-2H3,(H2,19,20,21);1H. The highest BCUT2D eigenvalue weighted by Crippen LogP contribution is 2.33. The molecule has 0 unspecified atom stereocenters. The van der Waals surface area contributed by atoms with Crippen LogP contribution in [-0.2, 0) is 0 Å². The number of likely N-dealkylation sites (tertiary alicyclic amines) is 1. The summed E-state index contributed by atoms with van der Waals surface area (Å²) in [6.07, 6.45) is 10.7. The van der Waals surface area contributed by atoms with Gasteiger partial charge in [-0.05, 0) is 51.5 Å². The van der Waals surface area contributed by atoms with Gasteiger partial charge in [0.25, 0.3) is 0 Å². The summed E-state index contributed by atoms with van der Waals surface area (Å²) in [5, 5.41) is 7.05. The molecule has 0 aromatic rings. The van der Waals surface area contributed by atoms with Gasteiger partial charge in [0.05, 0.1) is 0 Å². The van der Waals surface area contributed by atoms with Crippen molar-refractivity contribution in [1.82, 2.24) is 15.5 Å². The average molecular weight is 436 g/mol. The lowest BCUT2D eigenvalue weighted by molar-refractivity contribution is 0.203. The number of nitrogens with zero attached hydrogens (tertiary/aromatic N) is 2. The maximum atomic E-state index is 4.76. The van der Waals surface area contributed by atoms with Crippen LogP contribution >= 0.6 is 24.0 Å². The van der Waals surface area contributed by atoms with Crippen LogP contribution in [0.15, 0.2) is 4.99 Å². The maximum absolute atomic E-state index is 4.76. The zero-order valence-corrected chi connectivity index (χ0v) is 17.5. The first-order valence-corrected chi connectivity index (χ1v) is 9.59. The fraction of sp³-hybridized carbons (Fsp3) is 0.944. The molecule has 1 saturated heterocycles. The van der Waals surface area contributed by atoms with Crippen molar-refractivity contribution in [2.24, 2.45) is 10.9 Å². The normalized spacial score (nSPS) is 20.2. The Hall–Kier alpha value is -0.0400. The molecule has 1 aliphatic carbocycles. The largest absolute Gasteiger partial charge is 0.357 e. The van der Waals surface area contributed by atoms with E-state index in [1.807, 2.05) is 0 Å². The lowest BCUT2D eigenvalue weighted by atomic mass is 10.0. The lowest BCUT2D eigenvalue weighted by Crippen LogP contribution is -2.48. The van der Waals surface area contributed by atoms with Crippen LogP contribution in [0.4, 0.5) is 0 Å². The number of rotatable bonds is 9. The topological polar surface area (TPSA) is 39.7 Å². The van der Waals surface area contributed by atoms with Crippen LogP contribution < -0.4 is 10.6 Å². The van der Waals surface area contributed by atoms with Gasteiger partial charge in [0.15, 0.2) is 5.96 Å². The number of halogens is 1. The Kier molecular flexibility index (Phi) is 11.3. The van der Waals surface area contributed by atoms with Gasteiger partial charge in [-0.1, -0.05) is 26.2 Å². The first kappa shape index (κ1) is 21.0. The van der Waals surface area contributed by atoms with Gasteiger partial charge in [0.2, 0.25) is 0 Å². The van der Waals surface area contributed by atoms with Gasteiger partial charge < -0.3 is 15.5 Å². The first-order chi connectivity index (χ1) is 10.8. The van der Waals surface area contributed by atoms with Crippen molar-refractivity contribution < 1.29 is 0 Å². The molecule has 0 atom stereocenters. The number of unbranched alkanes of at least 4 members (excludes halogenated alkanes) is 1. The Balaban J connectivity index is 0.00000264. The van der Waals surface area contributed by atoms with Crippen molar-refractivity contribution in [2.45, 2.75) is 71.3 Å². The third kappa shape index (κ3) is 9.13. The average Bonchev–Trinajstić information content (AvgIpc) is 3.35. The predicted octanol–water partition coefficient (Wildman–Crippen LogP) is 3.61. The molecule has 2 N–H and O–H groups in total. The first-order valence-electron chi connectivity index (χ1n) is 9.59. The molecule has 0 aromatic carbocycles. The van der Waals surface area contributed by atoms with Crippen LogP contribution in [0.5, 0.6) is 0 Å². The van der Waals surface area contributed by atoms with Crippen molar-refractivity contribution in [2.75, 3.05) is 32.7 Å². The van der Waals surface area contributed by atoms with E-state index in [0.29, 0.717) is 6.04 Å². The van der Waals surface area contributed by atoms with Gasteiger partial charge in [-0.15, -0.1) is 24.0 Å². The van der Waals surface area contributed by atoms with E-state index in [0.717, 1.165) is 25.0 Å². The van der Waals surface area contributed by atoms with E-state index in [-0.39, 0.29) is 24.0 Å². The molecule has 2 fully saturated rings. The number of hydrogen-bond donors (Lipinski definition) is 2. The van der Waals surface area contributed by atoms with Crippen LogP contribution in [0, 0.1) is 5.92 Å². The Morgan fingerprint density at radius 3 is 2.43 bits per heavy atom. The molecule has 136 valence electrons. The smallest absolute Gasteiger partial charge is 0.191 e. The number of piperidine rings is 1. The Morgan fingerprint density at radius 2 is 1.83 bits per heavy atom. The molecule has 0 amide bonds. The monoisotopic (exact) mass is 436 g/mol. The molecule has 1 aliphatic heterocycles. The van der Waals surface area contributed by atoms with Gasteiger partial charge in [-0.2, -0.15) is 0 Å². The fourth-order valence-corrected chi connectivity index (χ4v) is 3.17. The van der Waals surface area contributed by atoms with Gasteiger partial charge in [-0.3, -0.25) is 4.99 Å². The Bertz CT molecular complexity index is 323. The van der Waals surface area contributed by atoms with Crippen molar-refractivity contribution >= 4 is 29.9 Å². The summed E-state index contributed by atoms with van der Waals surface area (Å²) in [4.78, 5) is 7.37. The second-order valence-electron chi connectivity index (χ2n) is 6.96. The third-order valence-electron chi connectivity index (χ3n) is 4.84. The van der Waals surface area contributed by atoms with E-state index in [1.165, 1.54) is 71.0 Å². The SMILES string of the molecule is CCCCN1CCC(NC(=NCCCC2CC2)NCC)CC1.I. The minimum absolute atomic E-state index is 0. The van der Waals surface area contributed by atoms with E-state index < -0.39 is 0 Å². The van der Waals surface area contributed by atoms with Gasteiger partial charge in [-0.25, -0.2) is 0 Å². The molecule has 2 aliphatic rings. The molecular formula is C18H37IN4. The minimum atomic E-state index is 0. The third-order valence-corrected chi connectivity index (χ3v) is 4.84. The maximum Gasteiger partial charge on any atom is 0.191 e. The van der Waals surface area contributed by atoms with Gasteiger partial charge in [0.1, 0.15) is 0 Å². The summed E-state index contributed by atoms with van der Waals surface area (Å²) in [6.45, 7) is 10.1. The molecular weight excluding hydrogens is 399 g/mol. The zero-order valence-electron chi connectivity index (χ0n) is 15.1. The van der Waals surface area contributed by atoms with Crippen molar-refractivity contribution in [3.8, 4) is 0 Å². The van der Waals surface area contributed by atoms with Crippen LogP contribution in [-0.4, -0.2) is 49.6 Å². The van der Waals surface area contributed by atoms with Crippen molar-refractivity contribution in [3.05, 3.63) is 0 Å². The Labute approximate surface area is 160 Å². The molecule has 0 aromatic heterocycles. The Morgan fingerprint density at radius 1 is 1.09 bits per heavy atom. The second-order valence-corrected chi connectivity index (χ2v) is 6.96. The van der Waals surface area contributed by atoms with E-state index in [2.05, 4.69) is 29.4 Å². The molecule has 0 radical (unpaired) electrons. The van der Waals surface area contributed by atoms with Crippen LogP contribution in [0.1, 0.15) is 65.2 Å². The molecule has 4 nitrogen and oxygen atoms in total. The molecule has 23 heavy (non-hydrogen) atoms. The number of aliphatic imine (C=N–C) groups is 1. The fourth-order valence-electron chi connectivity index (χ4n) is 3.17. The van der Waals surface area contributed by atoms with Crippen LogP contribution in [0.3, 0.4) is 0 Å². The van der Waals surface area contributed by atoms with Gasteiger partial charge in [0, 0.05) is 32.2 Å². The highest BCUT2D eigenvalue weighted by Gasteiger charge is 2.21. The van der Waals surface area contributed by atoms with Crippen LogP contribution in [0.25, 0.3) is 0 Å². The summed E-state index contributed by atoms with van der Waals surface area (Å²) < 4.78 is 0. The van der Waals surface area contributed by atoms with Crippen molar-refractivity contribution in [3.63, 3.8) is 0 Å². The molecule has 0 bridgehead atoms. The molecule has 0 spiro atoms. The molecule has 1 heterocycles. The van der Waals surface area contributed by atoms with Gasteiger partial charge >= 0.3 is 0 Å². The number of guanidine groups is 1. The summed E-state index contributed by atoms with van der Waals surface area (Å²) >= 11 is 0. The highest BCUT2D eigenvalue weighted by atomic mass is 127. The molecule has 2 rings (SSSR count). The lowest BCUT2D eigenvalue weighted by Gasteiger charge is -2.33. The van der Waals surface area contributed by atoms with Crippen molar-refractivity contribution in [1.29, 1.82) is 0 Å². The minimum Gasteiger partial charge on any atom is -0.357 e.